The smallest absolute Gasteiger partial charge is 0.209 e. The molecule has 0 bridgehead atoms. The van der Waals surface area contributed by atoms with Crippen molar-refractivity contribution in [3.05, 3.63) is 41.4 Å². The standard InChI is InChI=1S/C15H18ClN3O/c16-12-4-1-3-11(7-12)14-8-18-15(20-14)10-19-6-2-5-13(17)9-19/h1,3-4,7-8,13H,2,5-6,9-10,17H2/t13-/m1/s1. The van der Waals surface area contributed by atoms with Gasteiger partial charge in [-0.05, 0) is 31.5 Å². The van der Waals surface area contributed by atoms with E-state index in [9.17, 15) is 0 Å². The molecule has 5 heteroatoms. The summed E-state index contributed by atoms with van der Waals surface area (Å²) in [6, 6.07) is 7.86. The zero-order valence-electron chi connectivity index (χ0n) is 11.3. The Hall–Kier alpha value is -1.36. The molecule has 1 fully saturated rings. The maximum Gasteiger partial charge on any atom is 0.209 e. The van der Waals surface area contributed by atoms with Crippen LogP contribution in [0.1, 0.15) is 18.7 Å². The van der Waals surface area contributed by atoms with Crippen molar-refractivity contribution in [2.45, 2.75) is 25.4 Å². The van der Waals surface area contributed by atoms with Crippen LogP contribution in [0.5, 0.6) is 0 Å². The predicted molar refractivity (Wildman–Crippen MR) is 79.4 cm³/mol. The second-order valence-corrected chi connectivity index (χ2v) is 5.70. The molecule has 3 rings (SSSR count). The summed E-state index contributed by atoms with van der Waals surface area (Å²) in [5, 5.41) is 0.697. The van der Waals surface area contributed by atoms with Gasteiger partial charge in [0, 0.05) is 23.2 Å². The first-order chi connectivity index (χ1) is 9.70. The molecule has 0 aliphatic carbocycles. The highest BCUT2D eigenvalue weighted by atomic mass is 35.5. The van der Waals surface area contributed by atoms with Gasteiger partial charge in [-0.25, -0.2) is 4.98 Å². The molecule has 0 unspecified atom stereocenters. The fourth-order valence-corrected chi connectivity index (χ4v) is 2.78. The van der Waals surface area contributed by atoms with Crippen LogP contribution in [0.3, 0.4) is 0 Å². The van der Waals surface area contributed by atoms with Gasteiger partial charge in [-0.15, -0.1) is 0 Å². The first-order valence-electron chi connectivity index (χ1n) is 6.89. The number of nitrogens with zero attached hydrogens (tertiary/aromatic N) is 2. The summed E-state index contributed by atoms with van der Waals surface area (Å²) < 4.78 is 5.81. The van der Waals surface area contributed by atoms with E-state index in [2.05, 4.69) is 9.88 Å². The number of hydrogen-bond acceptors (Lipinski definition) is 4. The quantitative estimate of drug-likeness (QED) is 0.945. The SMILES string of the molecule is N[C@@H]1CCCN(Cc2ncc(-c3cccc(Cl)c3)o2)C1. The summed E-state index contributed by atoms with van der Waals surface area (Å²) in [7, 11) is 0. The lowest BCUT2D eigenvalue weighted by Crippen LogP contribution is -2.42. The van der Waals surface area contributed by atoms with E-state index in [1.165, 1.54) is 0 Å². The van der Waals surface area contributed by atoms with Crippen molar-refractivity contribution >= 4 is 11.6 Å². The molecule has 0 spiro atoms. The molecule has 2 aromatic rings. The molecule has 2 N–H and O–H groups in total. The van der Waals surface area contributed by atoms with Gasteiger partial charge in [-0.3, -0.25) is 4.90 Å². The summed E-state index contributed by atoms with van der Waals surface area (Å²) in [5.74, 6) is 1.48. The molecule has 0 radical (unpaired) electrons. The third kappa shape index (κ3) is 3.20. The average molecular weight is 292 g/mol. The molecule has 1 aromatic carbocycles. The molecule has 106 valence electrons. The number of aromatic nitrogens is 1. The molecular weight excluding hydrogens is 274 g/mol. The van der Waals surface area contributed by atoms with Crippen molar-refractivity contribution in [2.24, 2.45) is 5.73 Å². The molecule has 1 aliphatic heterocycles. The van der Waals surface area contributed by atoms with Crippen molar-refractivity contribution in [2.75, 3.05) is 13.1 Å². The first-order valence-corrected chi connectivity index (χ1v) is 7.27. The van der Waals surface area contributed by atoms with Crippen molar-refractivity contribution in [1.29, 1.82) is 0 Å². The molecular formula is C15H18ClN3O. The summed E-state index contributed by atoms with van der Waals surface area (Å²) in [4.78, 5) is 6.64. The average Bonchev–Trinajstić information content (AvgIpc) is 2.87. The van der Waals surface area contributed by atoms with Gasteiger partial charge in [0.05, 0.1) is 12.7 Å². The molecule has 20 heavy (non-hydrogen) atoms. The summed E-state index contributed by atoms with van der Waals surface area (Å²) in [5.41, 5.74) is 6.93. The van der Waals surface area contributed by atoms with Crippen molar-refractivity contribution in [3.63, 3.8) is 0 Å². The number of piperidine rings is 1. The number of benzene rings is 1. The number of hydrogen-bond donors (Lipinski definition) is 1. The minimum Gasteiger partial charge on any atom is -0.439 e. The fraction of sp³-hybridized carbons (Fsp3) is 0.400. The highest BCUT2D eigenvalue weighted by molar-refractivity contribution is 6.30. The maximum atomic E-state index is 5.99. The largest absolute Gasteiger partial charge is 0.439 e. The number of oxazole rings is 1. The zero-order valence-corrected chi connectivity index (χ0v) is 12.0. The van der Waals surface area contributed by atoms with Gasteiger partial charge < -0.3 is 10.2 Å². The van der Waals surface area contributed by atoms with Gasteiger partial charge >= 0.3 is 0 Å². The van der Waals surface area contributed by atoms with Gasteiger partial charge in [0.15, 0.2) is 5.76 Å². The van der Waals surface area contributed by atoms with E-state index in [0.29, 0.717) is 11.6 Å². The Morgan fingerprint density at radius 2 is 2.35 bits per heavy atom. The van der Waals surface area contributed by atoms with Crippen LogP contribution in [-0.2, 0) is 6.54 Å². The number of nitrogens with two attached hydrogens (primary N) is 1. The van der Waals surface area contributed by atoms with Crippen LogP contribution in [0.15, 0.2) is 34.9 Å². The summed E-state index contributed by atoms with van der Waals surface area (Å²) in [6.45, 7) is 2.69. The van der Waals surface area contributed by atoms with Gasteiger partial charge in [0.25, 0.3) is 0 Å². The van der Waals surface area contributed by atoms with Crippen LogP contribution in [0.4, 0.5) is 0 Å². The summed E-state index contributed by atoms with van der Waals surface area (Å²) in [6.07, 6.45) is 4.00. The van der Waals surface area contributed by atoms with Gasteiger partial charge in [-0.1, -0.05) is 23.7 Å². The molecule has 2 heterocycles. The minimum atomic E-state index is 0.270. The monoisotopic (exact) mass is 291 g/mol. The van der Waals surface area contributed by atoms with Crippen molar-refractivity contribution in [1.82, 2.24) is 9.88 Å². The Labute approximate surface area is 123 Å². The highest BCUT2D eigenvalue weighted by Gasteiger charge is 2.18. The van der Waals surface area contributed by atoms with E-state index in [1.807, 2.05) is 24.3 Å². The second kappa shape index (κ2) is 5.95. The van der Waals surface area contributed by atoms with Crippen LogP contribution in [-0.4, -0.2) is 29.0 Å². The third-order valence-electron chi connectivity index (χ3n) is 3.56. The third-order valence-corrected chi connectivity index (χ3v) is 3.80. The predicted octanol–water partition coefficient (Wildman–Crippen LogP) is 2.92. The summed E-state index contributed by atoms with van der Waals surface area (Å²) >= 11 is 5.99. The lowest BCUT2D eigenvalue weighted by Gasteiger charge is -2.29. The lowest BCUT2D eigenvalue weighted by molar-refractivity contribution is 0.185. The number of halogens is 1. The Kier molecular flexibility index (Phi) is 4.05. The van der Waals surface area contributed by atoms with E-state index in [0.717, 1.165) is 43.1 Å². The Morgan fingerprint density at radius 3 is 3.15 bits per heavy atom. The van der Waals surface area contributed by atoms with E-state index in [4.69, 9.17) is 21.8 Å². The zero-order chi connectivity index (χ0) is 13.9. The van der Waals surface area contributed by atoms with Crippen LogP contribution >= 0.6 is 11.6 Å². The topological polar surface area (TPSA) is 55.3 Å². The Balaban J connectivity index is 1.70. The van der Waals surface area contributed by atoms with Gasteiger partial charge in [-0.2, -0.15) is 0 Å². The Morgan fingerprint density at radius 1 is 1.45 bits per heavy atom. The van der Waals surface area contributed by atoms with Gasteiger partial charge in [0.2, 0.25) is 5.89 Å². The van der Waals surface area contributed by atoms with Crippen LogP contribution in [0.2, 0.25) is 5.02 Å². The lowest BCUT2D eigenvalue weighted by atomic mass is 10.1. The van der Waals surface area contributed by atoms with Crippen LogP contribution in [0, 0.1) is 0 Å². The van der Waals surface area contributed by atoms with Crippen LogP contribution in [0.25, 0.3) is 11.3 Å². The van der Waals surface area contributed by atoms with Crippen molar-refractivity contribution in [3.8, 4) is 11.3 Å². The molecule has 1 aliphatic rings. The normalized spacial score (nSPS) is 20.2. The highest BCUT2D eigenvalue weighted by Crippen LogP contribution is 2.24. The van der Waals surface area contributed by atoms with Gasteiger partial charge in [0.1, 0.15) is 0 Å². The van der Waals surface area contributed by atoms with E-state index < -0.39 is 0 Å². The van der Waals surface area contributed by atoms with Crippen LogP contribution < -0.4 is 5.73 Å². The fourth-order valence-electron chi connectivity index (χ4n) is 2.58. The number of rotatable bonds is 3. The van der Waals surface area contributed by atoms with Crippen molar-refractivity contribution < 1.29 is 4.42 Å². The molecule has 0 saturated carbocycles. The maximum absolute atomic E-state index is 5.99. The van der Waals surface area contributed by atoms with E-state index in [1.54, 1.807) is 6.20 Å². The first kappa shape index (κ1) is 13.6. The minimum absolute atomic E-state index is 0.270. The van der Waals surface area contributed by atoms with E-state index in [-0.39, 0.29) is 6.04 Å². The second-order valence-electron chi connectivity index (χ2n) is 5.27. The molecule has 0 amide bonds. The van der Waals surface area contributed by atoms with E-state index >= 15 is 0 Å². The molecule has 4 nitrogen and oxygen atoms in total. The Bertz CT molecular complexity index is 584. The molecule has 1 aromatic heterocycles. The number of likely N-dealkylation sites (tertiary alicyclic amines) is 1. The molecule has 1 saturated heterocycles. The molecule has 1 atom stereocenters.